The van der Waals surface area contributed by atoms with Gasteiger partial charge in [0.25, 0.3) is 0 Å². The van der Waals surface area contributed by atoms with Crippen LogP contribution < -0.4 is 0 Å². The Morgan fingerprint density at radius 1 is 1.62 bits per heavy atom. The van der Waals surface area contributed by atoms with Crippen molar-refractivity contribution < 1.29 is 9.90 Å². The van der Waals surface area contributed by atoms with Gasteiger partial charge in [-0.1, -0.05) is 13.0 Å². The van der Waals surface area contributed by atoms with Gasteiger partial charge in [-0.15, -0.1) is 0 Å². The summed E-state index contributed by atoms with van der Waals surface area (Å²) in [4.78, 5) is 14.6. The highest BCUT2D eigenvalue weighted by molar-refractivity contribution is 5.91. The molecule has 13 heavy (non-hydrogen) atoms. The van der Waals surface area contributed by atoms with E-state index in [-0.39, 0.29) is 0 Å². The van der Waals surface area contributed by atoms with Gasteiger partial charge in [-0.2, -0.15) is 0 Å². The third kappa shape index (κ3) is 2.71. The maximum absolute atomic E-state index is 10.6. The zero-order valence-electron chi connectivity index (χ0n) is 7.40. The van der Waals surface area contributed by atoms with Crippen LogP contribution in [0.5, 0.6) is 0 Å². The zero-order valence-corrected chi connectivity index (χ0v) is 7.40. The molecule has 0 aromatic carbocycles. The summed E-state index contributed by atoms with van der Waals surface area (Å²) in [6.07, 6.45) is 3.73. The van der Waals surface area contributed by atoms with E-state index in [4.69, 9.17) is 5.11 Å². The van der Waals surface area contributed by atoms with E-state index in [1.165, 1.54) is 0 Å². The summed E-state index contributed by atoms with van der Waals surface area (Å²) in [6, 6.07) is 5.40. The van der Waals surface area contributed by atoms with Gasteiger partial charge in [-0.25, -0.2) is 4.79 Å². The minimum absolute atomic E-state index is 0.374. The molecule has 3 heteroatoms. The van der Waals surface area contributed by atoms with Gasteiger partial charge in [0.1, 0.15) is 0 Å². The number of aromatic nitrogens is 1. The molecule has 1 aromatic rings. The van der Waals surface area contributed by atoms with Crippen LogP contribution in [0.3, 0.4) is 0 Å². The number of hydrogen-bond donors (Lipinski definition) is 1. The molecule has 0 unspecified atom stereocenters. The molecular formula is C10H11NO2. The second-order valence-electron chi connectivity index (χ2n) is 2.58. The molecule has 0 atom stereocenters. The first kappa shape index (κ1) is 9.45. The van der Waals surface area contributed by atoms with Gasteiger partial charge in [0.2, 0.25) is 0 Å². The molecule has 0 aliphatic heterocycles. The summed E-state index contributed by atoms with van der Waals surface area (Å²) < 4.78 is 0. The SMILES string of the molecule is CCC(=Cc1ccccn1)C(=O)O. The van der Waals surface area contributed by atoms with Gasteiger partial charge in [0.05, 0.1) is 5.69 Å². The molecule has 0 aliphatic rings. The Morgan fingerprint density at radius 2 is 2.38 bits per heavy atom. The van der Waals surface area contributed by atoms with Crippen LogP contribution in [0, 0.1) is 0 Å². The zero-order chi connectivity index (χ0) is 9.68. The Kier molecular flexibility index (Phi) is 3.20. The average molecular weight is 177 g/mol. The Balaban J connectivity index is 2.92. The molecule has 3 nitrogen and oxygen atoms in total. The van der Waals surface area contributed by atoms with Crippen molar-refractivity contribution in [1.29, 1.82) is 0 Å². The number of carboxylic acids is 1. The lowest BCUT2D eigenvalue weighted by Gasteiger charge is -1.96. The van der Waals surface area contributed by atoms with Crippen LogP contribution in [-0.4, -0.2) is 16.1 Å². The standard InChI is InChI=1S/C10H11NO2/c1-2-8(10(12)13)7-9-5-3-4-6-11-9/h3-7H,2H2,1H3,(H,12,13). The van der Waals surface area contributed by atoms with E-state index in [1.807, 2.05) is 13.0 Å². The fraction of sp³-hybridized carbons (Fsp3) is 0.200. The van der Waals surface area contributed by atoms with E-state index in [1.54, 1.807) is 24.4 Å². The first-order valence-electron chi connectivity index (χ1n) is 4.09. The summed E-state index contributed by atoms with van der Waals surface area (Å²) >= 11 is 0. The molecule has 0 fully saturated rings. The van der Waals surface area contributed by atoms with Crippen LogP contribution in [0.25, 0.3) is 6.08 Å². The Bertz CT molecular complexity index is 317. The largest absolute Gasteiger partial charge is 0.478 e. The smallest absolute Gasteiger partial charge is 0.331 e. The molecule has 0 amide bonds. The lowest BCUT2D eigenvalue weighted by atomic mass is 10.1. The second-order valence-corrected chi connectivity index (χ2v) is 2.58. The molecular weight excluding hydrogens is 166 g/mol. The van der Waals surface area contributed by atoms with E-state index in [0.717, 1.165) is 0 Å². The molecule has 0 radical (unpaired) electrons. The lowest BCUT2D eigenvalue weighted by Crippen LogP contribution is -1.98. The maximum Gasteiger partial charge on any atom is 0.331 e. The number of carboxylic acid groups (broad SMARTS) is 1. The number of nitrogens with zero attached hydrogens (tertiary/aromatic N) is 1. The highest BCUT2D eigenvalue weighted by Crippen LogP contribution is 2.06. The Labute approximate surface area is 76.7 Å². The molecule has 0 saturated heterocycles. The van der Waals surface area contributed by atoms with Crippen molar-refractivity contribution in [2.75, 3.05) is 0 Å². The summed E-state index contributed by atoms with van der Waals surface area (Å²) in [7, 11) is 0. The Hall–Kier alpha value is -1.64. The fourth-order valence-corrected chi connectivity index (χ4v) is 0.955. The van der Waals surface area contributed by atoms with Crippen molar-refractivity contribution in [1.82, 2.24) is 4.98 Å². The monoisotopic (exact) mass is 177 g/mol. The minimum Gasteiger partial charge on any atom is -0.478 e. The third-order valence-corrected chi connectivity index (χ3v) is 1.67. The van der Waals surface area contributed by atoms with Crippen LogP contribution in [0.15, 0.2) is 30.0 Å². The van der Waals surface area contributed by atoms with Crippen LogP contribution >= 0.6 is 0 Å². The molecule has 68 valence electrons. The first-order valence-corrected chi connectivity index (χ1v) is 4.09. The first-order chi connectivity index (χ1) is 6.24. The highest BCUT2D eigenvalue weighted by atomic mass is 16.4. The van der Waals surface area contributed by atoms with E-state index in [9.17, 15) is 4.79 Å². The van der Waals surface area contributed by atoms with Gasteiger partial charge in [0.15, 0.2) is 0 Å². The summed E-state index contributed by atoms with van der Waals surface area (Å²) in [5.41, 5.74) is 1.06. The average Bonchev–Trinajstić information content (AvgIpc) is 2.15. The summed E-state index contributed by atoms with van der Waals surface area (Å²) in [6.45, 7) is 1.81. The molecule has 1 heterocycles. The molecule has 0 saturated carbocycles. The van der Waals surface area contributed by atoms with Crippen molar-refractivity contribution >= 4 is 12.0 Å². The molecule has 0 spiro atoms. The van der Waals surface area contributed by atoms with Gasteiger partial charge in [-0.3, -0.25) is 4.98 Å². The number of rotatable bonds is 3. The number of carbonyl (C=O) groups is 1. The number of hydrogen-bond acceptors (Lipinski definition) is 2. The van der Waals surface area contributed by atoms with Crippen LogP contribution in [0.4, 0.5) is 0 Å². The van der Waals surface area contributed by atoms with E-state index >= 15 is 0 Å². The van der Waals surface area contributed by atoms with Crippen LogP contribution in [-0.2, 0) is 4.79 Å². The summed E-state index contributed by atoms with van der Waals surface area (Å²) in [5, 5.41) is 8.74. The topological polar surface area (TPSA) is 50.2 Å². The predicted molar refractivity (Wildman–Crippen MR) is 50.1 cm³/mol. The molecule has 1 aromatic heterocycles. The van der Waals surface area contributed by atoms with Crippen molar-refractivity contribution in [2.45, 2.75) is 13.3 Å². The van der Waals surface area contributed by atoms with Gasteiger partial charge >= 0.3 is 5.97 Å². The molecule has 0 aliphatic carbocycles. The van der Waals surface area contributed by atoms with Gasteiger partial charge in [0, 0.05) is 11.8 Å². The molecule has 1 N–H and O–H groups in total. The minimum atomic E-state index is -0.881. The number of aliphatic carboxylic acids is 1. The lowest BCUT2D eigenvalue weighted by molar-refractivity contribution is -0.132. The van der Waals surface area contributed by atoms with Crippen molar-refractivity contribution in [3.63, 3.8) is 0 Å². The molecule has 1 rings (SSSR count). The maximum atomic E-state index is 10.6. The Morgan fingerprint density at radius 3 is 2.85 bits per heavy atom. The van der Waals surface area contributed by atoms with E-state index in [0.29, 0.717) is 17.7 Å². The van der Waals surface area contributed by atoms with E-state index < -0.39 is 5.97 Å². The van der Waals surface area contributed by atoms with Crippen LogP contribution in [0.2, 0.25) is 0 Å². The quantitative estimate of drug-likeness (QED) is 0.718. The third-order valence-electron chi connectivity index (χ3n) is 1.67. The highest BCUT2D eigenvalue weighted by Gasteiger charge is 2.03. The van der Waals surface area contributed by atoms with Crippen LogP contribution in [0.1, 0.15) is 19.0 Å². The number of pyridine rings is 1. The van der Waals surface area contributed by atoms with Crippen molar-refractivity contribution in [2.24, 2.45) is 0 Å². The van der Waals surface area contributed by atoms with Crippen molar-refractivity contribution in [3.05, 3.63) is 35.7 Å². The summed E-state index contributed by atoms with van der Waals surface area (Å²) in [5.74, 6) is -0.881. The predicted octanol–water partition coefficient (Wildman–Crippen LogP) is 1.96. The van der Waals surface area contributed by atoms with Crippen molar-refractivity contribution in [3.8, 4) is 0 Å². The second kappa shape index (κ2) is 4.40. The van der Waals surface area contributed by atoms with E-state index in [2.05, 4.69) is 4.98 Å². The van der Waals surface area contributed by atoms with Gasteiger partial charge in [-0.05, 0) is 24.6 Å². The fourth-order valence-electron chi connectivity index (χ4n) is 0.955. The van der Waals surface area contributed by atoms with Gasteiger partial charge < -0.3 is 5.11 Å². The molecule has 0 bridgehead atoms. The normalized spacial score (nSPS) is 11.3.